The molecule has 0 atom stereocenters. The Labute approximate surface area is 151 Å². The van der Waals surface area contributed by atoms with Crippen molar-refractivity contribution in [2.24, 2.45) is 0 Å². The first-order chi connectivity index (χ1) is 12.6. The van der Waals surface area contributed by atoms with E-state index in [1.165, 1.54) is 6.20 Å². The van der Waals surface area contributed by atoms with Gasteiger partial charge >= 0.3 is 6.03 Å². The summed E-state index contributed by atoms with van der Waals surface area (Å²) in [4.78, 5) is 16.2. The van der Waals surface area contributed by atoms with E-state index in [0.717, 1.165) is 25.9 Å². The molecule has 138 valence electrons. The molecule has 2 aromatic rings. The summed E-state index contributed by atoms with van der Waals surface area (Å²) in [5, 5.41) is 6.39. The zero-order chi connectivity index (χ0) is 18.1. The number of piperidine rings is 1. The highest BCUT2D eigenvalue weighted by Gasteiger charge is 2.30. The van der Waals surface area contributed by atoms with E-state index in [1.807, 2.05) is 9.80 Å². The predicted molar refractivity (Wildman–Crippen MR) is 93.7 cm³/mol. The van der Waals surface area contributed by atoms with Gasteiger partial charge in [-0.3, -0.25) is 5.10 Å². The Kier molecular flexibility index (Phi) is 4.61. The van der Waals surface area contributed by atoms with Crippen LogP contribution in [0.5, 0.6) is 0 Å². The minimum absolute atomic E-state index is 0.0643. The molecule has 1 N–H and O–H groups in total. The minimum Gasteiger partial charge on any atom is -0.325 e. The molecule has 0 saturated carbocycles. The van der Waals surface area contributed by atoms with E-state index in [-0.39, 0.29) is 17.5 Å². The Morgan fingerprint density at radius 2 is 1.73 bits per heavy atom. The van der Waals surface area contributed by atoms with Crippen molar-refractivity contribution in [3.8, 4) is 11.1 Å². The number of likely N-dealkylation sites (tertiary alicyclic amines) is 2. The van der Waals surface area contributed by atoms with Gasteiger partial charge in [-0.25, -0.2) is 13.6 Å². The van der Waals surface area contributed by atoms with Gasteiger partial charge < -0.3 is 9.80 Å². The maximum Gasteiger partial charge on any atom is 0.319 e. The average molecular weight is 360 g/mol. The van der Waals surface area contributed by atoms with Gasteiger partial charge in [0.05, 0.1) is 6.20 Å². The summed E-state index contributed by atoms with van der Waals surface area (Å²) in [7, 11) is 0. The first-order valence-corrected chi connectivity index (χ1v) is 9.16. The molecular formula is C19H22F2N4O. The summed E-state index contributed by atoms with van der Waals surface area (Å²) in [5.41, 5.74) is 1.14. The third-order valence-electron chi connectivity index (χ3n) is 5.50. The smallest absolute Gasteiger partial charge is 0.319 e. The van der Waals surface area contributed by atoms with Crippen LogP contribution >= 0.6 is 0 Å². The second-order valence-corrected chi connectivity index (χ2v) is 7.06. The quantitative estimate of drug-likeness (QED) is 0.887. The Morgan fingerprint density at radius 3 is 2.38 bits per heavy atom. The van der Waals surface area contributed by atoms with Crippen LogP contribution in [0.2, 0.25) is 0 Å². The lowest BCUT2D eigenvalue weighted by Crippen LogP contribution is -2.45. The number of hydrogen-bond donors (Lipinski definition) is 1. The molecule has 0 aliphatic carbocycles. The Balaban J connectivity index is 1.46. The number of amides is 2. The lowest BCUT2D eigenvalue weighted by molar-refractivity contribution is 0.148. The van der Waals surface area contributed by atoms with E-state index in [9.17, 15) is 13.6 Å². The normalized spacial score (nSPS) is 18.5. The minimum atomic E-state index is -0.834. The van der Waals surface area contributed by atoms with E-state index >= 15 is 0 Å². The van der Waals surface area contributed by atoms with Crippen LogP contribution in [0.15, 0.2) is 24.5 Å². The highest BCUT2D eigenvalue weighted by Crippen LogP contribution is 2.34. The Hall–Kier alpha value is -2.44. The van der Waals surface area contributed by atoms with Crippen LogP contribution in [0.3, 0.4) is 0 Å². The predicted octanol–water partition coefficient (Wildman–Crippen LogP) is 3.75. The van der Waals surface area contributed by atoms with Crippen molar-refractivity contribution in [1.29, 1.82) is 0 Å². The number of nitrogens with zero attached hydrogens (tertiary/aromatic N) is 3. The number of halogens is 2. The summed E-state index contributed by atoms with van der Waals surface area (Å²) in [6.45, 7) is 2.83. The van der Waals surface area contributed by atoms with Crippen LogP contribution in [0.4, 0.5) is 13.6 Å². The monoisotopic (exact) mass is 360 g/mol. The molecule has 2 aliphatic heterocycles. The van der Waals surface area contributed by atoms with Crippen LogP contribution in [-0.2, 0) is 0 Å². The highest BCUT2D eigenvalue weighted by molar-refractivity contribution is 5.74. The fourth-order valence-electron chi connectivity index (χ4n) is 3.99. The molecule has 1 aromatic carbocycles. The third kappa shape index (κ3) is 3.06. The van der Waals surface area contributed by atoms with Crippen LogP contribution in [0.1, 0.15) is 37.2 Å². The zero-order valence-corrected chi connectivity index (χ0v) is 14.5. The molecule has 7 heteroatoms. The van der Waals surface area contributed by atoms with Gasteiger partial charge in [0.25, 0.3) is 0 Å². The molecular weight excluding hydrogens is 338 g/mol. The van der Waals surface area contributed by atoms with Gasteiger partial charge in [0.2, 0.25) is 0 Å². The Morgan fingerprint density at radius 1 is 1.04 bits per heavy atom. The number of hydrogen-bond acceptors (Lipinski definition) is 2. The van der Waals surface area contributed by atoms with Gasteiger partial charge in [0, 0.05) is 43.5 Å². The topological polar surface area (TPSA) is 52.2 Å². The highest BCUT2D eigenvalue weighted by atomic mass is 19.2. The van der Waals surface area contributed by atoms with Crippen molar-refractivity contribution < 1.29 is 13.6 Å². The van der Waals surface area contributed by atoms with Crippen LogP contribution in [-0.4, -0.2) is 52.2 Å². The van der Waals surface area contributed by atoms with Crippen LogP contribution in [0, 0.1) is 11.6 Å². The lowest BCUT2D eigenvalue weighted by Gasteiger charge is -2.34. The van der Waals surface area contributed by atoms with Crippen molar-refractivity contribution in [3.05, 3.63) is 41.7 Å². The van der Waals surface area contributed by atoms with Gasteiger partial charge in [0.15, 0.2) is 11.6 Å². The van der Waals surface area contributed by atoms with Gasteiger partial charge in [-0.15, -0.1) is 0 Å². The Bertz CT molecular complexity index is 779. The standard InChI is InChI=1S/C19H22F2N4O/c20-17-15(3-4-16(18(17)21)14-11-22-23-12-14)13-5-9-25(10-6-13)19(26)24-7-1-2-8-24/h3-4,11-13H,1-2,5-10H2,(H,22,23). The number of aromatic nitrogens is 2. The van der Waals surface area contributed by atoms with E-state index in [0.29, 0.717) is 37.1 Å². The van der Waals surface area contributed by atoms with Crippen LogP contribution in [0.25, 0.3) is 11.1 Å². The van der Waals surface area contributed by atoms with Crippen LogP contribution < -0.4 is 0 Å². The molecule has 2 fully saturated rings. The third-order valence-corrected chi connectivity index (χ3v) is 5.50. The number of rotatable bonds is 2. The molecule has 0 spiro atoms. The molecule has 0 radical (unpaired) electrons. The second-order valence-electron chi connectivity index (χ2n) is 7.06. The van der Waals surface area contributed by atoms with Gasteiger partial charge in [-0.05, 0) is 37.2 Å². The summed E-state index contributed by atoms with van der Waals surface area (Å²) >= 11 is 0. The first-order valence-electron chi connectivity index (χ1n) is 9.16. The van der Waals surface area contributed by atoms with Crippen molar-refractivity contribution in [1.82, 2.24) is 20.0 Å². The molecule has 2 amide bonds. The van der Waals surface area contributed by atoms with Crippen molar-refractivity contribution in [2.45, 2.75) is 31.6 Å². The lowest BCUT2D eigenvalue weighted by atomic mass is 9.88. The number of benzene rings is 1. The van der Waals surface area contributed by atoms with Crippen molar-refractivity contribution in [2.75, 3.05) is 26.2 Å². The molecule has 26 heavy (non-hydrogen) atoms. The fourth-order valence-corrected chi connectivity index (χ4v) is 3.99. The fraction of sp³-hybridized carbons (Fsp3) is 0.474. The van der Waals surface area contributed by atoms with E-state index in [2.05, 4.69) is 10.2 Å². The molecule has 4 rings (SSSR count). The van der Waals surface area contributed by atoms with E-state index < -0.39 is 11.6 Å². The molecule has 0 unspecified atom stereocenters. The molecule has 3 heterocycles. The van der Waals surface area contributed by atoms with E-state index in [4.69, 9.17) is 0 Å². The molecule has 2 saturated heterocycles. The number of aromatic amines is 1. The number of nitrogens with one attached hydrogen (secondary N) is 1. The number of carbonyl (C=O) groups is 1. The zero-order valence-electron chi connectivity index (χ0n) is 14.5. The molecule has 2 aliphatic rings. The maximum absolute atomic E-state index is 14.6. The van der Waals surface area contributed by atoms with Gasteiger partial charge in [-0.1, -0.05) is 12.1 Å². The SMILES string of the molecule is O=C(N1CCCC1)N1CCC(c2ccc(-c3cn[nH]c3)c(F)c2F)CC1. The van der Waals surface area contributed by atoms with Gasteiger partial charge in [0.1, 0.15) is 0 Å². The average Bonchev–Trinajstić information content (AvgIpc) is 3.37. The largest absolute Gasteiger partial charge is 0.325 e. The second kappa shape index (κ2) is 7.05. The first kappa shape index (κ1) is 17.0. The molecule has 0 bridgehead atoms. The number of H-pyrrole nitrogens is 1. The van der Waals surface area contributed by atoms with Crippen molar-refractivity contribution in [3.63, 3.8) is 0 Å². The van der Waals surface area contributed by atoms with Gasteiger partial charge in [-0.2, -0.15) is 5.10 Å². The molecule has 1 aromatic heterocycles. The summed E-state index contributed by atoms with van der Waals surface area (Å²) in [6, 6.07) is 3.37. The number of carbonyl (C=O) groups excluding carboxylic acids is 1. The van der Waals surface area contributed by atoms with Crippen molar-refractivity contribution >= 4 is 6.03 Å². The maximum atomic E-state index is 14.6. The summed E-state index contributed by atoms with van der Waals surface area (Å²) < 4.78 is 29.1. The molecule has 5 nitrogen and oxygen atoms in total. The number of urea groups is 1. The summed E-state index contributed by atoms with van der Waals surface area (Å²) in [6.07, 6.45) is 6.45. The van der Waals surface area contributed by atoms with E-state index in [1.54, 1.807) is 18.3 Å². The summed E-state index contributed by atoms with van der Waals surface area (Å²) in [5.74, 6) is -1.68.